The first-order chi connectivity index (χ1) is 13.8. The van der Waals surface area contributed by atoms with E-state index in [0.29, 0.717) is 0 Å². The fraction of sp³-hybridized carbons (Fsp3) is 0.652. The highest BCUT2D eigenvalue weighted by atomic mass is 32.2. The molecule has 0 atom stereocenters. The van der Waals surface area contributed by atoms with Gasteiger partial charge in [-0.2, -0.15) is 4.57 Å². The minimum atomic E-state index is 0.864. The molecule has 156 valence electrons. The number of hydrogen-bond acceptors (Lipinski definition) is 3. The van der Waals surface area contributed by atoms with Gasteiger partial charge in [0, 0.05) is 16.9 Å². The summed E-state index contributed by atoms with van der Waals surface area (Å²) in [7, 11) is 1.70. The number of unbranched alkanes of at least 4 members (excludes halogenated alkanes) is 11. The average Bonchev–Trinajstić information content (AvgIpc) is 3.20. The van der Waals surface area contributed by atoms with Crippen LogP contribution in [-0.2, 0) is 0 Å². The zero-order valence-corrected chi connectivity index (χ0v) is 18.6. The van der Waals surface area contributed by atoms with Crippen LogP contribution in [0.2, 0.25) is 0 Å². The number of aromatic amines is 1. The van der Waals surface area contributed by atoms with Crippen LogP contribution in [0.15, 0.2) is 35.7 Å². The van der Waals surface area contributed by atoms with E-state index in [2.05, 4.69) is 27.8 Å². The summed E-state index contributed by atoms with van der Waals surface area (Å²) in [5, 5.41) is 8.41. The molecule has 0 aliphatic heterocycles. The molecule has 0 bridgehead atoms. The van der Waals surface area contributed by atoms with Crippen LogP contribution >= 0.6 is 11.8 Å². The molecule has 0 fully saturated rings. The Morgan fingerprint density at radius 2 is 1.57 bits per heavy atom. The fourth-order valence-electron chi connectivity index (χ4n) is 3.41. The van der Waals surface area contributed by atoms with Gasteiger partial charge in [0.15, 0.2) is 0 Å². The largest absolute Gasteiger partial charge is 0.497 e. The minimum Gasteiger partial charge on any atom is -0.497 e. The smallest absolute Gasteiger partial charge is 0.298 e. The molecule has 1 aromatic heterocycles. The van der Waals surface area contributed by atoms with Crippen LogP contribution in [0, 0.1) is 0 Å². The van der Waals surface area contributed by atoms with E-state index >= 15 is 0 Å². The van der Waals surface area contributed by atoms with Crippen molar-refractivity contribution in [2.75, 3.05) is 12.9 Å². The fourth-order valence-corrected chi connectivity index (χ4v) is 4.36. The molecule has 0 aliphatic carbocycles. The normalized spacial score (nSPS) is 11.1. The number of benzene rings is 1. The Hall–Kier alpha value is -1.49. The lowest BCUT2D eigenvalue weighted by atomic mass is 10.1. The number of methoxy groups -OCH3 is 1. The summed E-state index contributed by atoms with van der Waals surface area (Å²) in [5.74, 6) is 1.99. The second kappa shape index (κ2) is 14.5. The van der Waals surface area contributed by atoms with Gasteiger partial charge in [0.25, 0.3) is 11.5 Å². The quantitative estimate of drug-likeness (QED) is 0.197. The van der Waals surface area contributed by atoms with E-state index in [1.165, 1.54) is 77.0 Å². The molecule has 1 N–H and O–H groups in total. The van der Waals surface area contributed by atoms with Gasteiger partial charge in [-0.3, -0.25) is 0 Å². The van der Waals surface area contributed by atoms with Crippen molar-refractivity contribution in [3.05, 3.63) is 30.6 Å². The lowest BCUT2D eigenvalue weighted by molar-refractivity contribution is -0.636. The third-order valence-electron chi connectivity index (χ3n) is 5.12. The number of aromatic nitrogens is 3. The molecular formula is C23H38N3OS+. The van der Waals surface area contributed by atoms with Gasteiger partial charge < -0.3 is 4.74 Å². The summed E-state index contributed by atoms with van der Waals surface area (Å²) >= 11 is 1.85. The van der Waals surface area contributed by atoms with E-state index in [1.807, 2.05) is 36.3 Å². The summed E-state index contributed by atoms with van der Waals surface area (Å²) < 4.78 is 7.42. The van der Waals surface area contributed by atoms with Gasteiger partial charge in [0.2, 0.25) is 0 Å². The maximum Gasteiger partial charge on any atom is 0.298 e. The molecule has 0 saturated heterocycles. The zero-order chi connectivity index (χ0) is 19.9. The maximum atomic E-state index is 5.32. The molecule has 0 aliphatic rings. The van der Waals surface area contributed by atoms with Crippen LogP contribution in [0.4, 0.5) is 0 Å². The third kappa shape index (κ3) is 8.68. The summed E-state index contributed by atoms with van der Waals surface area (Å²) in [6.07, 6.45) is 18.5. The molecule has 0 radical (unpaired) electrons. The van der Waals surface area contributed by atoms with Crippen molar-refractivity contribution in [1.82, 2.24) is 10.2 Å². The lowest BCUT2D eigenvalue weighted by Crippen LogP contribution is -2.30. The van der Waals surface area contributed by atoms with Crippen molar-refractivity contribution in [2.45, 2.75) is 89.1 Å². The Bertz CT molecular complexity index is 644. The molecule has 1 heterocycles. The standard InChI is InChI=1S/C23H37N3OS/c1-3-4-5-6-7-8-9-10-11-12-13-14-18-28-23-25-24-20-26(23)21-16-15-17-22(19-21)27-2/h15-17,19-20H,3-14,18H2,1-2H3/p+1. The van der Waals surface area contributed by atoms with Crippen molar-refractivity contribution in [3.63, 3.8) is 0 Å². The van der Waals surface area contributed by atoms with E-state index in [4.69, 9.17) is 4.74 Å². The van der Waals surface area contributed by atoms with E-state index in [9.17, 15) is 0 Å². The molecule has 0 amide bonds. The second-order valence-corrected chi connectivity index (χ2v) is 8.55. The molecule has 2 aromatic rings. The first-order valence-corrected chi connectivity index (χ1v) is 12.1. The molecule has 4 nitrogen and oxygen atoms in total. The molecular weight excluding hydrogens is 366 g/mol. The predicted octanol–water partition coefficient (Wildman–Crippen LogP) is 6.49. The van der Waals surface area contributed by atoms with Gasteiger partial charge in [-0.25, -0.2) is 0 Å². The number of H-pyrrole nitrogens is 1. The van der Waals surface area contributed by atoms with Crippen LogP contribution in [0.25, 0.3) is 5.69 Å². The van der Waals surface area contributed by atoms with Crippen LogP contribution in [0.3, 0.4) is 0 Å². The highest BCUT2D eigenvalue weighted by Gasteiger charge is 2.14. The number of rotatable bonds is 16. The van der Waals surface area contributed by atoms with Crippen molar-refractivity contribution in [3.8, 4) is 11.4 Å². The number of nitrogens with one attached hydrogen (secondary N) is 1. The van der Waals surface area contributed by atoms with Gasteiger partial charge >= 0.3 is 0 Å². The van der Waals surface area contributed by atoms with Crippen LogP contribution < -0.4 is 9.30 Å². The number of ether oxygens (including phenoxy) is 1. The lowest BCUT2D eigenvalue weighted by Gasteiger charge is -2.04. The summed E-state index contributed by atoms with van der Waals surface area (Å²) in [6, 6.07) is 8.08. The van der Waals surface area contributed by atoms with E-state index < -0.39 is 0 Å². The van der Waals surface area contributed by atoms with E-state index in [1.54, 1.807) is 7.11 Å². The molecule has 28 heavy (non-hydrogen) atoms. The second-order valence-electron chi connectivity index (χ2n) is 7.47. The van der Waals surface area contributed by atoms with Crippen molar-refractivity contribution >= 4 is 11.8 Å². The monoisotopic (exact) mass is 404 g/mol. The molecule has 0 saturated carbocycles. The highest BCUT2D eigenvalue weighted by Crippen LogP contribution is 2.18. The van der Waals surface area contributed by atoms with Crippen molar-refractivity contribution in [1.29, 1.82) is 0 Å². The molecule has 5 heteroatoms. The first kappa shape index (κ1) is 22.8. The Labute approximate surface area is 175 Å². The Kier molecular flexibility index (Phi) is 11.8. The summed E-state index contributed by atoms with van der Waals surface area (Å²) in [4.78, 5) is 0. The highest BCUT2D eigenvalue weighted by molar-refractivity contribution is 7.99. The Morgan fingerprint density at radius 3 is 2.21 bits per heavy atom. The zero-order valence-electron chi connectivity index (χ0n) is 17.8. The van der Waals surface area contributed by atoms with Gasteiger partial charge in [-0.1, -0.05) is 95.4 Å². The molecule has 1 aromatic carbocycles. The number of nitrogens with zero attached hydrogens (tertiary/aromatic N) is 2. The molecule has 0 spiro atoms. The van der Waals surface area contributed by atoms with E-state index in [-0.39, 0.29) is 0 Å². The van der Waals surface area contributed by atoms with Crippen molar-refractivity contribution in [2.24, 2.45) is 0 Å². The van der Waals surface area contributed by atoms with Crippen molar-refractivity contribution < 1.29 is 9.30 Å². The van der Waals surface area contributed by atoms with Gasteiger partial charge in [0.05, 0.1) is 7.11 Å². The SMILES string of the molecule is CCCCCCCCCCCCCCSc1[nH]nc[n+]1-c1cccc(OC)c1. The van der Waals surface area contributed by atoms with Crippen LogP contribution in [-0.4, -0.2) is 23.1 Å². The molecule has 2 rings (SSSR count). The Balaban J connectivity index is 1.53. The third-order valence-corrected chi connectivity index (χ3v) is 6.17. The van der Waals surface area contributed by atoms with Gasteiger partial charge in [-0.05, 0) is 18.6 Å². The Morgan fingerprint density at radius 1 is 0.929 bits per heavy atom. The topological polar surface area (TPSA) is 41.8 Å². The van der Waals surface area contributed by atoms with E-state index in [0.717, 1.165) is 22.3 Å². The van der Waals surface area contributed by atoms with Gasteiger partial charge in [0.1, 0.15) is 11.4 Å². The number of thioether (sulfide) groups is 1. The van der Waals surface area contributed by atoms with Gasteiger partial charge in [-0.15, -0.1) is 5.10 Å². The molecule has 0 unspecified atom stereocenters. The average molecular weight is 405 g/mol. The summed E-state index contributed by atoms with van der Waals surface area (Å²) in [5.41, 5.74) is 1.07. The first-order valence-electron chi connectivity index (χ1n) is 11.1. The minimum absolute atomic E-state index is 0.864. The van der Waals surface area contributed by atoms with Crippen LogP contribution in [0.5, 0.6) is 5.75 Å². The maximum absolute atomic E-state index is 5.32. The number of hydrogen-bond donors (Lipinski definition) is 1. The summed E-state index contributed by atoms with van der Waals surface area (Å²) in [6.45, 7) is 2.28. The predicted molar refractivity (Wildman–Crippen MR) is 118 cm³/mol. The van der Waals surface area contributed by atoms with Crippen LogP contribution in [0.1, 0.15) is 84.0 Å².